The summed E-state index contributed by atoms with van der Waals surface area (Å²) in [6, 6.07) is 6.76. The van der Waals surface area contributed by atoms with Crippen molar-refractivity contribution in [2.24, 2.45) is 5.73 Å². The molecule has 1 aliphatic heterocycles. The Bertz CT molecular complexity index is 478. The number of carbonyl (C=O) groups excluding carboxylic acids is 1. The van der Waals surface area contributed by atoms with E-state index in [1.807, 2.05) is 6.92 Å². The molecule has 3 N–H and O–H groups in total. The van der Waals surface area contributed by atoms with Crippen LogP contribution >= 0.6 is 0 Å². The summed E-state index contributed by atoms with van der Waals surface area (Å²) < 4.78 is 10.8. The van der Waals surface area contributed by atoms with Gasteiger partial charge in [0.15, 0.2) is 0 Å². The highest BCUT2D eigenvalue weighted by molar-refractivity contribution is 5.94. The molecule has 1 aliphatic rings. The van der Waals surface area contributed by atoms with Crippen molar-refractivity contribution in [2.45, 2.75) is 25.5 Å². The molecule has 22 heavy (non-hydrogen) atoms. The zero-order valence-corrected chi connectivity index (χ0v) is 12.9. The number of nitrogens with two attached hydrogens (primary N) is 1. The number of hydrogen-bond donors (Lipinski definition) is 2. The van der Waals surface area contributed by atoms with Gasteiger partial charge in [0.2, 0.25) is 0 Å². The Morgan fingerprint density at radius 2 is 2.14 bits per heavy atom. The second kappa shape index (κ2) is 8.12. The third-order valence-electron chi connectivity index (χ3n) is 3.74. The van der Waals surface area contributed by atoms with Gasteiger partial charge in [0.25, 0.3) is 5.91 Å². The maximum absolute atomic E-state index is 12.6. The summed E-state index contributed by atoms with van der Waals surface area (Å²) in [5, 5.41) is 9.90. The van der Waals surface area contributed by atoms with Gasteiger partial charge in [-0.1, -0.05) is 0 Å². The van der Waals surface area contributed by atoms with Crippen molar-refractivity contribution in [3.05, 3.63) is 29.8 Å². The van der Waals surface area contributed by atoms with Crippen molar-refractivity contribution in [2.75, 3.05) is 32.9 Å². The van der Waals surface area contributed by atoms with Crippen molar-refractivity contribution >= 4 is 5.91 Å². The number of amides is 1. The van der Waals surface area contributed by atoms with Gasteiger partial charge in [0.1, 0.15) is 5.75 Å². The third kappa shape index (κ3) is 3.97. The first-order valence-electron chi connectivity index (χ1n) is 7.67. The summed E-state index contributed by atoms with van der Waals surface area (Å²) >= 11 is 0. The fraction of sp³-hybridized carbons (Fsp3) is 0.562. The minimum Gasteiger partial charge on any atom is -0.494 e. The largest absolute Gasteiger partial charge is 0.494 e. The molecular formula is C16H24N2O4. The Kier molecular flexibility index (Phi) is 6.18. The molecule has 6 nitrogen and oxygen atoms in total. The zero-order chi connectivity index (χ0) is 15.9. The predicted octanol–water partition coefficient (Wildman–Crippen LogP) is 0.636. The number of hydrogen-bond acceptors (Lipinski definition) is 5. The summed E-state index contributed by atoms with van der Waals surface area (Å²) in [4.78, 5) is 14.2. The molecule has 0 radical (unpaired) electrons. The van der Waals surface area contributed by atoms with Crippen LogP contribution in [-0.2, 0) is 4.74 Å². The number of aliphatic hydroxyl groups is 1. The lowest BCUT2D eigenvalue weighted by Gasteiger charge is -2.28. The molecule has 1 fully saturated rings. The first-order valence-corrected chi connectivity index (χ1v) is 7.67. The fourth-order valence-corrected chi connectivity index (χ4v) is 2.49. The molecule has 2 atom stereocenters. The lowest BCUT2D eigenvalue weighted by molar-refractivity contribution is 0.0520. The maximum atomic E-state index is 12.6. The van der Waals surface area contributed by atoms with Gasteiger partial charge in [0.05, 0.1) is 32.0 Å². The molecule has 0 saturated carbocycles. The minimum atomic E-state index is -0.622. The zero-order valence-electron chi connectivity index (χ0n) is 12.9. The standard InChI is InChI=1S/C16H24N2O4/c1-2-18(14-10-21-11-15(14)19)16(20)12-4-6-13(7-5-12)22-9-3-8-17/h4-7,14-15,19H,2-3,8-11,17H2,1H3/t14-,15-/m0/s1. The number of rotatable bonds is 7. The molecule has 1 heterocycles. The van der Waals surface area contributed by atoms with Crippen molar-refractivity contribution < 1.29 is 19.4 Å². The molecule has 1 aromatic rings. The van der Waals surface area contributed by atoms with Crippen LogP contribution in [-0.4, -0.2) is 61.0 Å². The van der Waals surface area contributed by atoms with Crippen LogP contribution in [0.2, 0.25) is 0 Å². The lowest BCUT2D eigenvalue weighted by atomic mass is 10.1. The number of carbonyl (C=O) groups is 1. The summed E-state index contributed by atoms with van der Waals surface area (Å²) in [7, 11) is 0. The number of nitrogens with zero attached hydrogens (tertiary/aromatic N) is 1. The van der Waals surface area contributed by atoms with E-state index in [2.05, 4.69) is 0 Å². The highest BCUT2D eigenvalue weighted by Crippen LogP contribution is 2.18. The van der Waals surface area contributed by atoms with Crippen LogP contribution in [0.3, 0.4) is 0 Å². The number of benzene rings is 1. The normalized spacial score (nSPS) is 20.9. The van der Waals surface area contributed by atoms with Crippen LogP contribution in [0.5, 0.6) is 5.75 Å². The summed E-state index contributed by atoms with van der Waals surface area (Å²) in [5.41, 5.74) is 5.99. The number of aliphatic hydroxyl groups excluding tert-OH is 1. The van der Waals surface area contributed by atoms with Crippen LogP contribution < -0.4 is 10.5 Å². The first-order chi connectivity index (χ1) is 10.7. The van der Waals surface area contributed by atoms with Crippen LogP contribution in [0.1, 0.15) is 23.7 Å². The van der Waals surface area contributed by atoms with E-state index in [4.69, 9.17) is 15.2 Å². The second-order valence-corrected chi connectivity index (χ2v) is 5.28. The SMILES string of the molecule is CCN(C(=O)c1ccc(OCCCN)cc1)[C@H]1COC[C@@H]1O. The third-order valence-corrected chi connectivity index (χ3v) is 3.74. The van der Waals surface area contributed by atoms with Gasteiger partial charge >= 0.3 is 0 Å². The molecule has 1 saturated heterocycles. The van der Waals surface area contributed by atoms with Gasteiger partial charge in [0, 0.05) is 12.1 Å². The molecule has 0 bridgehead atoms. The van der Waals surface area contributed by atoms with Gasteiger partial charge < -0.3 is 25.2 Å². The van der Waals surface area contributed by atoms with E-state index in [0.29, 0.717) is 31.9 Å². The van der Waals surface area contributed by atoms with Crippen LogP contribution in [0.4, 0.5) is 0 Å². The van der Waals surface area contributed by atoms with Crippen molar-refractivity contribution in [3.63, 3.8) is 0 Å². The van der Waals surface area contributed by atoms with E-state index in [0.717, 1.165) is 12.2 Å². The molecule has 0 unspecified atom stereocenters. The summed E-state index contributed by atoms with van der Waals surface area (Å²) in [6.07, 6.45) is 0.173. The monoisotopic (exact) mass is 308 g/mol. The lowest BCUT2D eigenvalue weighted by Crippen LogP contribution is -2.46. The Hall–Kier alpha value is -1.63. The van der Waals surface area contributed by atoms with E-state index in [-0.39, 0.29) is 18.6 Å². The quantitative estimate of drug-likeness (QED) is 0.722. The van der Waals surface area contributed by atoms with E-state index in [1.54, 1.807) is 29.2 Å². The van der Waals surface area contributed by atoms with Crippen LogP contribution in [0, 0.1) is 0 Å². The topological polar surface area (TPSA) is 85.0 Å². The molecule has 1 amide bonds. The smallest absolute Gasteiger partial charge is 0.254 e. The Labute approximate surface area is 130 Å². The molecule has 0 aliphatic carbocycles. The van der Waals surface area contributed by atoms with E-state index >= 15 is 0 Å². The van der Waals surface area contributed by atoms with Crippen molar-refractivity contribution in [1.29, 1.82) is 0 Å². The minimum absolute atomic E-state index is 0.106. The Morgan fingerprint density at radius 1 is 1.41 bits per heavy atom. The van der Waals surface area contributed by atoms with Crippen LogP contribution in [0.25, 0.3) is 0 Å². The Balaban J connectivity index is 2.01. The summed E-state index contributed by atoms with van der Waals surface area (Å²) in [6.45, 7) is 4.24. The van der Waals surface area contributed by atoms with E-state index < -0.39 is 6.10 Å². The molecule has 0 aromatic heterocycles. The average molecular weight is 308 g/mol. The van der Waals surface area contributed by atoms with E-state index in [1.165, 1.54) is 0 Å². The van der Waals surface area contributed by atoms with Crippen LogP contribution in [0.15, 0.2) is 24.3 Å². The van der Waals surface area contributed by atoms with Gasteiger partial charge in [-0.05, 0) is 44.2 Å². The van der Waals surface area contributed by atoms with Gasteiger partial charge in [-0.3, -0.25) is 4.79 Å². The number of likely N-dealkylation sites (N-methyl/N-ethyl adjacent to an activating group) is 1. The van der Waals surface area contributed by atoms with Crippen molar-refractivity contribution in [3.8, 4) is 5.75 Å². The predicted molar refractivity (Wildman–Crippen MR) is 82.9 cm³/mol. The van der Waals surface area contributed by atoms with Crippen molar-refractivity contribution in [1.82, 2.24) is 4.90 Å². The summed E-state index contributed by atoms with van der Waals surface area (Å²) in [5.74, 6) is 0.614. The molecule has 2 rings (SSSR count). The van der Waals surface area contributed by atoms with E-state index in [9.17, 15) is 9.90 Å². The van der Waals surface area contributed by atoms with Gasteiger partial charge in [-0.2, -0.15) is 0 Å². The second-order valence-electron chi connectivity index (χ2n) is 5.28. The molecule has 1 aromatic carbocycles. The highest BCUT2D eigenvalue weighted by atomic mass is 16.5. The first kappa shape index (κ1) is 16.7. The fourth-order valence-electron chi connectivity index (χ4n) is 2.49. The molecule has 6 heteroatoms. The van der Waals surface area contributed by atoms with Gasteiger partial charge in [-0.25, -0.2) is 0 Å². The maximum Gasteiger partial charge on any atom is 0.254 e. The Morgan fingerprint density at radius 3 is 2.68 bits per heavy atom. The average Bonchev–Trinajstić information content (AvgIpc) is 2.95. The molecular weight excluding hydrogens is 284 g/mol. The van der Waals surface area contributed by atoms with Gasteiger partial charge in [-0.15, -0.1) is 0 Å². The highest BCUT2D eigenvalue weighted by Gasteiger charge is 2.34. The molecule has 122 valence electrons. The number of ether oxygens (including phenoxy) is 2. The molecule has 0 spiro atoms.